The molecule has 0 amide bonds. The van der Waals surface area contributed by atoms with Gasteiger partial charge in [-0.1, -0.05) is 22.0 Å². The number of hydrogen-bond acceptors (Lipinski definition) is 3. The van der Waals surface area contributed by atoms with Gasteiger partial charge < -0.3 is 15.7 Å². The summed E-state index contributed by atoms with van der Waals surface area (Å²) in [5.74, 6) is 0.339. The van der Waals surface area contributed by atoms with Crippen molar-refractivity contribution in [3.05, 3.63) is 33.8 Å². The zero-order chi connectivity index (χ0) is 12.3. The molecule has 0 aliphatic carbocycles. The van der Waals surface area contributed by atoms with Crippen molar-refractivity contribution in [3.8, 4) is 0 Å². The highest BCUT2D eigenvalue weighted by Crippen LogP contribution is 2.16. The Morgan fingerprint density at radius 2 is 2.22 bits per heavy atom. The van der Waals surface area contributed by atoms with Crippen molar-refractivity contribution in [2.45, 2.75) is 19.6 Å². The van der Waals surface area contributed by atoms with Crippen LogP contribution in [0.3, 0.4) is 0 Å². The van der Waals surface area contributed by atoms with Crippen molar-refractivity contribution in [3.63, 3.8) is 0 Å². The second-order valence-corrected chi connectivity index (χ2v) is 5.60. The highest BCUT2D eigenvalue weighted by Gasteiger charge is 2.23. The fourth-order valence-electron chi connectivity index (χ4n) is 2.18. The fourth-order valence-corrected chi connectivity index (χ4v) is 2.65. The van der Waals surface area contributed by atoms with E-state index in [0.29, 0.717) is 5.92 Å². The third-order valence-electron chi connectivity index (χ3n) is 3.33. The summed E-state index contributed by atoms with van der Waals surface area (Å²) in [5.41, 5.74) is 2.60. The van der Waals surface area contributed by atoms with Crippen LogP contribution in [0.25, 0.3) is 0 Å². The van der Waals surface area contributed by atoms with Crippen molar-refractivity contribution >= 4 is 28.3 Å². The third kappa shape index (κ3) is 4.21. The van der Waals surface area contributed by atoms with Gasteiger partial charge in [-0.05, 0) is 30.2 Å². The Bertz CT molecular complexity index is 389. The van der Waals surface area contributed by atoms with E-state index in [2.05, 4.69) is 51.7 Å². The van der Waals surface area contributed by atoms with Gasteiger partial charge in [0.05, 0.1) is 6.10 Å². The van der Waals surface area contributed by atoms with E-state index in [1.165, 1.54) is 11.1 Å². The van der Waals surface area contributed by atoms with Crippen LogP contribution < -0.4 is 10.6 Å². The van der Waals surface area contributed by atoms with Crippen molar-refractivity contribution in [1.82, 2.24) is 10.6 Å². The number of halogens is 2. The summed E-state index contributed by atoms with van der Waals surface area (Å²) in [6, 6.07) is 6.33. The zero-order valence-electron chi connectivity index (χ0n) is 10.4. The molecule has 1 heterocycles. The molecule has 18 heavy (non-hydrogen) atoms. The van der Waals surface area contributed by atoms with Crippen molar-refractivity contribution < 1.29 is 5.11 Å². The summed E-state index contributed by atoms with van der Waals surface area (Å²) >= 11 is 3.46. The lowest BCUT2D eigenvalue weighted by atomic mass is 10.1. The van der Waals surface area contributed by atoms with Crippen molar-refractivity contribution in [2.75, 3.05) is 19.6 Å². The number of nitrogens with one attached hydrogen (secondary N) is 2. The largest absolute Gasteiger partial charge is 0.391 e. The van der Waals surface area contributed by atoms with Crippen LogP contribution in [0.2, 0.25) is 0 Å². The average molecular weight is 336 g/mol. The van der Waals surface area contributed by atoms with Gasteiger partial charge in [0.1, 0.15) is 0 Å². The van der Waals surface area contributed by atoms with Crippen LogP contribution in [-0.2, 0) is 6.54 Å². The van der Waals surface area contributed by atoms with E-state index in [1.807, 2.05) is 0 Å². The van der Waals surface area contributed by atoms with Crippen LogP contribution in [0.5, 0.6) is 0 Å². The molecule has 2 atom stereocenters. The molecule has 1 aliphatic rings. The predicted molar refractivity (Wildman–Crippen MR) is 80.2 cm³/mol. The first-order chi connectivity index (χ1) is 8.16. The van der Waals surface area contributed by atoms with Crippen LogP contribution >= 0.6 is 28.3 Å². The van der Waals surface area contributed by atoms with Crippen molar-refractivity contribution in [1.29, 1.82) is 0 Å². The molecule has 3 N–H and O–H groups in total. The van der Waals surface area contributed by atoms with Crippen molar-refractivity contribution in [2.24, 2.45) is 5.92 Å². The zero-order valence-corrected chi connectivity index (χ0v) is 12.9. The molecule has 0 spiro atoms. The average Bonchev–Trinajstić information content (AvgIpc) is 2.68. The number of benzene rings is 1. The van der Waals surface area contributed by atoms with Gasteiger partial charge in [-0.3, -0.25) is 0 Å². The quantitative estimate of drug-likeness (QED) is 0.787. The van der Waals surface area contributed by atoms with Gasteiger partial charge in [-0.15, -0.1) is 12.4 Å². The molecule has 0 bridgehead atoms. The number of hydrogen-bond donors (Lipinski definition) is 3. The Morgan fingerprint density at radius 1 is 1.44 bits per heavy atom. The van der Waals surface area contributed by atoms with Gasteiger partial charge in [0, 0.05) is 36.6 Å². The summed E-state index contributed by atoms with van der Waals surface area (Å²) < 4.78 is 1.12. The van der Waals surface area contributed by atoms with E-state index in [1.54, 1.807) is 0 Å². The monoisotopic (exact) mass is 334 g/mol. The molecule has 0 radical (unpaired) electrons. The van der Waals surface area contributed by atoms with Crippen LogP contribution in [-0.4, -0.2) is 30.8 Å². The van der Waals surface area contributed by atoms with E-state index in [0.717, 1.165) is 30.7 Å². The van der Waals surface area contributed by atoms with Gasteiger partial charge in [-0.25, -0.2) is 0 Å². The second kappa shape index (κ2) is 7.46. The lowest BCUT2D eigenvalue weighted by molar-refractivity contribution is 0.146. The summed E-state index contributed by atoms with van der Waals surface area (Å²) in [6.45, 7) is 5.48. The first-order valence-corrected chi connectivity index (χ1v) is 6.80. The highest BCUT2D eigenvalue weighted by molar-refractivity contribution is 9.10. The molecule has 1 aromatic rings. The fraction of sp³-hybridized carbons (Fsp3) is 0.538. The number of aliphatic hydroxyl groups is 1. The normalized spacial score (nSPS) is 22.8. The standard InChI is InChI=1S/C13H19BrN2O.ClH/c1-9-4-12(14)3-2-10(9)5-15-6-11-7-16-8-13(11)17;/h2-4,11,13,15-17H,5-8H2,1H3;1H. The van der Waals surface area contributed by atoms with Crippen LogP contribution in [0.1, 0.15) is 11.1 Å². The number of rotatable bonds is 4. The van der Waals surface area contributed by atoms with E-state index in [4.69, 9.17) is 0 Å². The molecular formula is C13H20BrClN2O. The van der Waals surface area contributed by atoms with E-state index >= 15 is 0 Å². The highest BCUT2D eigenvalue weighted by atomic mass is 79.9. The Hall–Kier alpha value is -0.130. The maximum atomic E-state index is 9.67. The predicted octanol–water partition coefficient (Wildman–Crippen LogP) is 1.85. The van der Waals surface area contributed by atoms with Crippen LogP contribution in [0, 0.1) is 12.8 Å². The lowest BCUT2D eigenvalue weighted by Gasteiger charge is -2.15. The molecule has 5 heteroatoms. The Kier molecular flexibility index (Phi) is 6.60. The topological polar surface area (TPSA) is 44.3 Å². The number of aryl methyl sites for hydroxylation is 1. The smallest absolute Gasteiger partial charge is 0.0716 e. The minimum atomic E-state index is -0.200. The molecule has 102 valence electrons. The molecule has 0 saturated carbocycles. The van der Waals surface area contributed by atoms with Gasteiger partial charge in [0.25, 0.3) is 0 Å². The SMILES string of the molecule is Cc1cc(Br)ccc1CNCC1CNCC1O.Cl. The number of aliphatic hydroxyl groups excluding tert-OH is 1. The minimum Gasteiger partial charge on any atom is -0.391 e. The Balaban J connectivity index is 0.00000162. The maximum Gasteiger partial charge on any atom is 0.0716 e. The first kappa shape index (κ1) is 15.9. The lowest BCUT2D eigenvalue weighted by Crippen LogP contribution is -2.30. The summed E-state index contributed by atoms with van der Waals surface area (Å²) in [5, 5.41) is 16.3. The molecule has 1 aliphatic heterocycles. The second-order valence-electron chi connectivity index (χ2n) is 4.69. The van der Waals surface area contributed by atoms with Gasteiger partial charge in [0.2, 0.25) is 0 Å². The summed E-state index contributed by atoms with van der Waals surface area (Å²) in [7, 11) is 0. The summed E-state index contributed by atoms with van der Waals surface area (Å²) in [6.07, 6.45) is -0.200. The number of β-amino-alcohol motifs (C(OH)–C–C–N with tert-alkyl or cyclic N) is 1. The Morgan fingerprint density at radius 3 is 2.83 bits per heavy atom. The molecule has 3 nitrogen and oxygen atoms in total. The molecule has 1 aromatic carbocycles. The molecule has 2 unspecified atom stereocenters. The van der Waals surface area contributed by atoms with E-state index < -0.39 is 0 Å². The van der Waals surface area contributed by atoms with Crippen LogP contribution in [0.15, 0.2) is 22.7 Å². The molecule has 0 aromatic heterocycles. The molecular weight excluding hydrogens is 316 g/mol. The summed E-state index contributed by atoms with van der Waals surface area (Å²) in [4.78, 5) is 0. The van der Waals surface area contributed by atoms with E-state index in [9.17, 15) is 5.11 Å². The maximum absolute atomic E-state index is 9.67. The first-order valence-electron chi connectivity index (χ1n) is 6.01. The molecule has 1 saturated heterocycles. The third-order valence-corrected chi connectivity index (χ3v) is 3.82. The van der Waals surface area contributed by atoms with Crippen LogP contribution in [0.4, 0.5) is 0 Å². The van der Waals surface area contributed by atoms with Gasteiger partial charge in [-0.2, -0.15) is 0 Å². The molecule has 1 fully saturated rings. The Labute approximate surface area is 123 Å². The van der Waals surface area contributed by atoms with E-state index in [-0.39, 0.29) is 18.5 Å². The van der Waals surface area contributed by atoms with Gasteiger partial charge >= 0.3 is 0 Å². The van der Waals surface area contributed by atoms with Gasteiger partial charge in [0.15, 0.2) is 0 Å². The molecule has 2 rings (SSSR count). The minimum absolute atomic E-state index is 0.